The Hall–Kier alpha value is -1.60. The lowest BCUT2D eigenvalue weighted by Crippen LogP contribution is -2.15. The van der Waals surface area contributed by atoms with Crippen LogP contribution in [-0.4, -0.2) is 21.9 Å². The maximum atomic E-state index is 13.5. The molecule has 1 aromatic heterocycles. The van der Waals surface area contributed by atoms with Crippen molar-refractivity contribution in [3.63, 3.8) is 0 Å². The lowest BCUT2D eigenvalue weighted by Gasteiger charge is -2.05. The predicted molar refractivity (Wildman–Crippen MR) is 77.0 cm³/mol. The molecule has 1 saturated carbocycles. The number of thioether (sulfide) groups is 1. The van der Waals surface area contributed by atoms with Gasteiger partial charge in [0.1, 0.15) is 5.82 Å². The van der Waals surface area contributed by atoms with Gasteiger partial charge in [-0.3, -0.25) is 4.79 Å². The van der Waals surface area contributed by atoms with Crippen molar-refractivity contribution < 1.29 is 13.6 Å². The van der Waals surface area contributed by atoms with E-state index in [0.29, 0.717) is 17.0 Å². The molecule has 0 bridgehead atoms. The minimum Gasteiger partial charge on any atom is -0.416 e. The molecule has 21 heavy (non-hydrogen) atoms. The molecular formula is C13H11ClFN3O2S. The molecule has 8 heteroatoms. The van der Waals surface area contributed by atoms with Gasteiger partial charge in [-0.1, -0.05) is 23.4 Å². The second kappa shape index (κ2) is 6.03. The normalized spacial score (nSPS) is 14.2. The highest BCUT2D eigenvalue weighted by Crippen LogP contribution is 2.39. The van der Waals surface area contributed by atoms with Crippen LogP contribution in [0.2, 0.25) is 5.02 Å². The smallest absolute Gasteiger partial charge is 0.277 e. The molecular weight excluding hydrogens is 317 g/mol. The van der Waals surface area contributed by atoms with Crippen LogP contribution in [0.4, 0.5) is 10.1 Å². The molecule has 2 aromatic rings. The first-order valence-corrected chi connectivity index (χ1v) is 7.69. The van der Waals surface area contributed by atoms with Crippen molar-refractivity contribution in [2.45, 2.75) is 24.0 Å². The summed E-state index contributed by atoms with van der Waals surface area (Å²) in [7, 11) is 0. The van der Waals surface area contributed by atoms with Crippen molar-refractivity contribution in [3.05, 3.63) is 34.9 Å². The molecule has 1 N–H and O–H groups in total. The van der Waals surface area contributed by atoms with E-state index >= 15 is 0 Å². The van der Waals surface area contributed by atoms with E-state index in [1.165, 1.54) is 12.1 Å². The van der Waals surface area contributed by atoms with Crippen LogP contribution < -0.4 is 5.32 Å². The van der Waals surface area contributed by atoms with E-state index in [2.05, 4.69) is 15.5 Å². The summed E-state index contributed by atoms with van der Waals surface area (Å²) in [5, 5.41) is 10.9. The quantitative estimate of drug-likeness (QED) is 0.852. The molecule has 1 aliphatic rings. The largest absolute Gasteiger partial charge is 0.416 e. The second-order valence-corrected chi connectivity index (χ2v) is 6.00. The fourth-order valence-electron chi connectivity index (χ4n) is 1.68. The highest BCUT2D eigenvalue weighted by Gasteiger charge is 2.29. The number of carbonyl (C=O) groups is 1. The molecule has 110 valence electrons. The topological polar surface area (TPSA) is 68.0 Å². The van der Waals surface area contributed by atoms with Crippen LogP contribution >= 0.6 is 23.4 Å². The van der Waals surface area contributed by atoms with Crippen molar-refractivity contribution in [3.8, 4) is 0 Å². The maximum absolute atomic E-state index is 13.5. The Morgan fingerprint density at radius 3 is 3.00 bits per heavy atom. The number of aromatic nitrogens is 2. The van der Waals surface area contributed by atoms with Gasteiger partial charge in [0, 0.05) is 10.9 Å². The number of anilines is 1. The van der Waals surface area contributed by atoms with Crippen LogP contribution in [0.3, 0.4) is 0 Å². The van der Waals surface area contributed by atoms with Gasteiger partial charge in [0.25, 0.3) is 5.22 Å². The number of hydrogen-bond acceptors (Lipinski definition) is 5. The summed E-state index contributed by atoms with van der Waals surface area (Å²) >= 11 is 6.77. The van der Waals surface area contributed by atoms with Gasteiger partial charge in [0.15, 0.2) is 0 Å². The van der Waals surface area contributed by atoms with Crippen molar-refractivity contribution >= 4 is 35.0 Å². The minimum absolute atomic E-state index is 0.0639. The number of nitrogens with one attached hydrogen (secondary N) is 1. The van der Waals surface area contributed by atoms with Gasteiger partial charge in [-0.25, -0.2) is 4.39 Å². The van der Waals surface area contributed by atoms with E-state index in [1.54, 1.807) is 0 Å². The average molecular weight is 328 g/mol. The molecule has 0 aliphatic heterocycles. The Labute approximate surface area is 129 Å². The summed E-state index contributed by atoms with van der Waals surface area (Å²) in [6, 6.07) is 4.07. The van der Waals surface area contributed by atoms with E-state index in [9.17, 15) is 9.18 Å². The van der Waals surface area contributed by atoms with Crippen LogP contribution in [0.15, 0.2) is 27.8 Å². The summed E-state index contributed by atoms with van der Waals surface area (Å²) < 4.78 is 18.9. The van der Waals surface area contributed by atoms with E-state index in [4.69, 9.17) is 16.0 Å². The van der Waals surface area contributed by atoms with Crippen LogP contribution in [0.5, 0.6) is 0 Å². The van der Waals surface area contributed by atoms with Crippen LogP contribution in [-0.2, 0) is 4.79 Å². The Bertz CT molecular complexity index is 675. The van der Waals surface area contributed by atoms with Crippen LogP contribution in [0.25, 0.3) is 0 Å². The highest BCUT2D eigenvalue weighted by atomic mass is 35.5. The molecule has 1 aliphatic carbocycles. The summed E-state index contributed by atoms with van der Waals surface area (Å²) in [6.07, 6.45) is 2.14. The summed E-state index contributed by atoms with van der Waals surface area (Å²) in [5.41, 5.74) is 0.0919. The van der Waals surface area contributed by atoms with Gasteiger partial charge >= 0.3 is 0 Å². The summed E-state index contributed by atoms with van der Waals surface area (Å²) in [4.78, 5) is 11.8. The molecule has 0 saturated heterocycles. The first-order valence-electron chi connectivity index (χ1n) is 6.33. The van der Waals surface area contributed by atoms with Crippen LogP contribution in [0, 0.1) is 5.82 Å². The highest BCUT2D eigenvalue weighted by molar-refractivity contribution is 7.99. The van der Waals surface area contributed by atoms with E-state index in [-0.39, 0.29) is 22.4 Å². The number of benzene rings is 1. The number of amides is 1. The van der Waals surface area contributed by atoms with Gasteiger partial charge in [-0.05, 0) is 31.0 Å². The molecule has 3 rings (SSSR count). The Morgan fingerprint density at radius 2 is 2.29 bits per heavy atom. The van der Waals surface area contributed by atoms with Crippen molar-refractivity contribution in [2.24, 2.45) is 0 Å². The lowest BCUT2D eigenvalue weighted by atomic mass is 10.3. The zero-order valence-electron chi connectivity index (χ0n) is 10.8. The SMILES string of the molecule is O=C(CSc1nnc(C2CC2)o1)Nc1ccc(Cl)cc1F. The fourth-order valence-corrected chi connectivity index (χ4v) is 2.41. The Morgan fingerprint density at radius 1 is 1.48 bits per heavy atom. The third-order valence-electron chi connectivity index (χ3n) is 2.88. The standard InChI is InChI=1S/C13H11ClFN3O2S/c14-8-3-4-10(9(15)5-8)16-11(19)6-21-13-18-17-12(20-13)7-1-2-7/h3-5,7H,1-2,6H2,(H,16,19). The van der Waals surface area contributed by atoms with Crippen LogP contribution in [0.1, 0.15) is 24.7 Å². The van der Waals surface area contributed by atoms with Gasteiger partial charge in [-0.15, -0.1) is 10.2 Å². The van der Waals surface area contributed by atoms with Gasteiger partial charge in [0.05, 0.1) is 11.4 Å². The average Bonchev–Trinajstić information content (AvgIpc) is 3.19. The predicted octanol–water partition coefficient (Wildman–Crippen LogP) is 3.47. The van der Waals surface area contributed by atoms with E-state index in [1.807, 2.05) is 0 Å². The Balaban J connectivity index is 1.53. The maximum Gasteiger partial charge on any atom is 0.277 e. The summed E-state index contributed by atoms with van der Waals surface area (Å²) in [6.45, 7) is 0. The lowest BCUT2D eigenvalue weighted by molar-refractivity contribution is -0.113. The molecule has 1 fully saturated rings. The first kappa shape index (κ1) is 14.3. The molecule has 0 spiro atoms. The number of rotatable bonds is 5. The zero-order valence-corrected chi connectivity index (χ0v) is 12.4. The number of halogens is 2. The zero-order chi connectivity index (χ0) is 14.8. The van der Waals surface area contributed by atoms with Crippen molar-refractivity contribution in [1.82, 2.24) is 10.2 Å². The second-order valence-electron chi connectivity index (χ2n) is 4.64. The van der Waals surface area contributed by atoms with E-state index in [0.717, 1.165) is 30.7 Å². The minimum atomic E-state index is -0.574. The molecule has 0 radical (unpaired) electrons. The monoisotopic (exact) mass is 327 g/mol. The number of hydrogen-bond donors (Lipinski definition) is 1. The van der Waals surface area contributed by atoms with Gasteiger partial charge in [-0.2, -0.15) is 0 Å². The third-order valence-corrected chi connectivity index (χ3v) is 3.93. The Kier molecular flexibility index (Phi) is 4.12. The molecule has 1 aromatic carbocycles. The van der Waals surface area contributed by atoms with E-state index < -0.39 is 5.82 Å². The third kappa shape index (κ3) is 3.74. The molecule has 0 unspecified atom stereocenters. The molecule has 5 nitrogen and oxygen atoms in total. The molecule has 1 heterocycles. The first-order chi connectivity index (χ1) is 10.1. The summed E-state index contributed by atoms with van der Waals surface area (Å²) in [5.74, 6) is 0.140. The van der Waals surface area contributed by atoms with Gasteiger partial charge < -0.3 is 9.73 Å². The van der Waals surface area contributed by atoms with Gasteiger partial charge in [0.2, 0.25) is 11.8 Å². The number of carbonyl (C=O) groups excluding carboxylic acids is 1. The fraction of sp³-hybridized carbons (Fsp3) is 0.308. The number of nitrogens with zero attached hydrogens (tertiary/aromatic N) is 2. The molecule has 0 atom stereocenters. The van der Waals surface area contributed by atoms with Crippen molar-refractivity contribution in [2.75, 3.05) is 11.1 Å². The van der Waals surface area contributed by atoms with Crippen molar-refractivity contribution in [1.29, 1.82) is 0 Å². The molecule has 1 amide bonds.